The maximum Gasteiger partial charge on any atom is 0.264 e. The van der Waals surface area contributed by atoms with Crippen molar-refractivity contribution in [2.24, 2.45) is 15.8 Å². The summed E-state index contributed by atoms with van der Waals surface area (Å²) in [6.07, 6.45) is 8.95. The zero-order valence-corrected chi connectivity index (χ0v) is 34.1. The number of ketones is 1. The molecule has 0 saturated heterocycles. The number of nitrogens with one attached hydrogen (secondary N) is 2. The number of carbonyl (C=O) groups excluding carboxylic acids is 1. The molecule has 0 fully saturated rings. The van der Waals surface area contributed by atoms with Gasteiger partial charge in [-0.05, 0) is 95.3 Å². The van der Waals surface area contributed by atoms with Crippen molar-refractivity contribution in [3.05, 3.63) is 99.1 Å². The monoisotopic (exact) mass is 793 g/mol. The Bertz CT molecular complexity index is 1650. The maximum atomic E-state index is 12.7. The quantitative estimate of drug-likeness (QED) is 0.0221. The molecule has 0 aliphatic heterocycles. The van der Waals surface area contributed by atoms with Crippen molar-refractivity contribution in [2.75, 3.05) is 32.8 Å². The number of hydrogen-bond donors (Lipinski definition) is 2. The van der Waals surface area contributed by atoms with Crippen LogP contribution >= 0.6 is 35.1 Å². The number of hydrogen-bond acceptors (Lipinski definition) is 11. The van der Waals surface area contributed by atoms with E-state index in [2.05, 4.69) is 30.2 Å². The minimum Gasteiger partial charge on any atom is -0.457 e. The SMILES string of the molecule is C=C/C(=C\C=C(/C)SNNC=NC)Oc1ccc(C(=O)c2cc(Cl)ccc2Cl)cc1.CC(C)(C)COS(C)(=O)=O.CC(C)(C)COS(C)(=O)=O. The maximum absolute atomic E-state index is 12.7. The second-order valence-electron chi connectivity index (χ2n) is 12.9. The van der Waals surface area contributed by atoms with Gasteiger partial charge < -0.3 is 10.2 Å². The average molecular weight is 795 g/mol. The van der Waals surface area contributed by atoms with Gasteiger partial charge in [0.25, 0.3) is 20.2 Å². The Balaban J connectivity index is 0.000000980. The number of rotatable bonds is 14. The van der Waals surface area contributed by atoms with Crippen LogP contribution in [0.1, 0.15) is 64.4 Å². The first kappa shape index (κ1) is 47.3. The molecule has 2 rings (SSSR count). The van der Waals surface area contributed by atoms with Crippen molar-refractivity contribution in [3.8, 4) is 5.75 Å². The lowest BCUT2D eigenvalue weighted by Crippen LogP contribution is -2.23. The number of benzene rings is 2. The number of hydrazine groups is 1. The van der Waals surface area contributed by atoms with Crippen LogP contribution in [0.15, 0.2) is 82.9 Å². The zero-order chi connectivity index (χ0) is 38.8. The van der Waals surface area contributed by atoms with Crippen LogP contribution in [-0.2, 0) is 28.6 Å². The molecule has 11 nitrogen and oxygen atoms in total. The second kappa shape index (κ2) is 22.3. The topological polar surface area (TPSA) is 149 Å². The number of allylic oxidation sites excluding steroid dienone is 4. The lowest BCUT2D eigenvalue weighted by Gasteiger charge is -2.16. The molecule has 50 heavy (non-hydrogen) atoms. The summed E-state index contributed by atoms with van der Waals surface area (Å²) in [7, 11) is -4.84. The number of nitrogens with zero attached hydrogens (tertiary/aromatic N) is 1. The van der Waals surface area contributed by atoms with Gasteiger partial charge in [0.15, 0.2) is 5.78 Å². The van der Waals surface area contributed by atoms with Gasteiger partial charge in [-0.15, -0.1) is 0 Å². The van der Waals surface area contributed by atoms with Crippen molar-refractivity contribution in [3.63, 3.8) is 0 Å². The largest absolute Gasteiger partial charge is 0.457 e. The molecule has 0 heterocycles. The fourth-order valence-electron chi connectivity index (χ4n) is 2.78. The summed E-state index contributed by atoms with van der Waals surface area (Å²) in [5.74, 6) is 0.931. The molecular formula is C34H49Cl2N3O8S3. The van der Waals surface area contributed by atoms with E-state index < -0.39 is 20.2 Å². The van der Waals surface area contributed by atoms with Crippen molar-refractivity contribution in [2.45, 2.75) is 48.5 Å². The molecular weight excluding hydrogens is 745 g/mol. The van der Waals surface area contributed by atoms with Gasteiger partial charge in [0.05, 0.1) is 37.1 Å². The first-order chi connectivity index (χ1) is 22.9. The highest BCUT2D eigenvalue weighted by molar-refractivity contribution is 8.01. The van der Waals surface area contributed by atoms with E-state index in [9.17, 15) is 21.6 Å². The molecule has 0 atom stereocenters. The molecule has 0 spiro atoms. The molecule has 0 aliphatic rings. The van der Waals surface area contributed by atoms with Crippen LogP contribution in [0.5, 0.6) is 5.75 Å². The van der Waals surface area contributed by atoms with E-state index >= 15 is 0 Å². The molecule has 0 unspecified atom stereocenters. The first-order valence-electron chi connectivity index (χ1n) is 14.9. The molecule has 2 aromatic carbocycles. The first-order valence-corrected chi connectivity index (χ1v) is 20.1. The lowest BCUT2D eigenvalue weighted by molar-refractivity contribution is 0.103. The second-order valence-corrected chi connectivity index (χ2v) is 18.1. The smallest absolute Gasteiger partial charge is 0.264 e. The molecule has 0 amide bonds. The molecule has 0 aliphatic carbocycles. The van der Waals surface area contributed by atoms with Crippen LogP contribution in [0, 0.1) is 10.8 Å². The highest BCUT2D eigenvalue weighted by atomic mass is 35.5. The van der Waals surface area contributed by atoms with E-state index in [1.807, 2.05) is 54.5 Å². The van der Waals surface area contributed by atoms with Crippen LogP contribution in [-0.4, -0.2) is 61.7 Å². The molecule has 0 bridgehead atoms. The van der Waals surface area contributed by atoms with Crippen molar-refractivity contribution >= 4 is 67.5 Å². The Kier molecular flexibility index (Phi) is 21.1. The van der Waals surface area contributed by atoms with Gasteiger partial charge in [0, 0.05) is 23.2 Å². The number of ether oxygens (including phenoxy) is 1. The molecule has 280 valence electrons. The van der Waals surface area contributed by atoms with Crippen LogP contribution in [0.4, 0.5) is 0 Å². The molecule has 0 saturated carbocycles. The minimum absolute atomic E-state index is 0.0942. The summed E-state index contributed by atoms with van der Waals surface area (Å²) in [6.45, 7) is 17.7. The molecule has 0 radical (unpaired) electrons. The van der Waals surface area contributed by atoms with Crippen LogP contribution < -0.4 is 15.0 Å². The fourth-order valence-corrected chi connectivity index (χ4v) is 4.70. The van der Waals surface area contributed by atoms with E-state index in [0.29, 0.717) is 32.7 Å². The Morgan fingerprint density at radius 1 is 0.900 bits per heavy atom. The van der Waals surface area contributed by atoms with E-state index in [4.69, 9.17) is 27.9 Å². The van der Waals surface area contributed by atoms with E-state index in [-0.39, 0.29) is 29.8 Å². The summed E-state index contributed by atoms with van der Waals surface area (Å²) in [5.41, 5.74) is 3.46. The van der Waals surface area contributed by atoms with Gasteiger partial charge in [-0.1, -0.05) is 71.3 Å². The van der Waals surface area contributed by atoms with Crippen molar-refractivity contribution in [1.29, 1.82) is 0 Å². The summed E-state index contributed by atoms with van der Waals surface area (Å²) >= 11 is 13.5. The predicted molar refractivity (Wildman–Crippen MR) is 208 cm³/mol. The fraction of sp³-hybridized carbons (Fsp3) is 0.412. The third kappa shape index (κ3) is 25.3. The van der Waals surface area contributed by atoms with Gasteiger partial charge in [0.2, 0.25) is 0 Å². The van der Waals surface area contributed by atoms with E-state index in [1.165, 1.54) is 11.9 Å². The summed E-state index contributed by atoms with van der Waals surface area (Å²) < 4.78 is 56.8. The summed E-state index contributed by atoms with van der Waals surface area (Å²) in [5, 5.41) is 0.808. The molecule has 2 N–H and O–H groups in total. The zero-order valence-electron chi connectivity index (χ0n) is 30.2. The number of halogens is 2. The Morgan fingerprint density at radius 2 is 1.42 bits per heavy atom. The normalized spacial score (nSPS) is 12.7. The van der Waals surface area contributed by atoms with Gasteiger partial charge >= 0.3 is 0 Å². The van der Waals surface area contributed by atoms with Crippen molar-refractivity contribution < 1.29 is 34.7 Å². The highest BCUT2D eigenvalue weighted by Crippen LogP contribution is 2.25. The summed E-state index contributed by atoms with van der Waals surface area (Å²) in [6, 6.07) is 11.6. The highest BCUT2D eigenvalue weighted by Gasteiger charge is 2.15. The van der Waals surface area contributed by atoms with Gasteiger partial charge in [-0.25, -0.2) is 0 Å². The number of carbonyl (C=O) groups is 1. The van der Waals surface area contributed by atoms with Crippen LogP contribution in [0.2, 0.25) is 10.0 Å². The third-order valence-corrected chi connectivity index (χ3v) is 7.42. The third-order valence-electron chi connectivity index (χ3n) is 5.09. The standard InChI is InChI=1S/C22H21Cl2N3O2S.2C6H14O3S/c1-4-18(9-5-15(2)30-27-26-14-25-3)29-19-10-6-16(7-11-19)22(28)20-13-17(23)8-12-21(20)24;2*1-6(2,3)5-9-10(4,7)8/h4-14,27H,1H2,2-3H3,(H,25,26);2*5H2,1-4H3/b15-5+,18-9+;;. The van der Waals surface area contributed by atoms with Gasteiger partial charge in [-0.2, -0.15) is 21.7 Å². The minimum atomic E-state index is -3.26. The van der Waals surface area contributed by atoms with Crippen LogP contribution in [0.3, 0.4) is 0 Å². The molecule has 2 aromatic rings. The Morgan fingerprint density at radius 3 is 1.84 bits per heavy atom. The molecule has 0 aromatic heterocycles. The van der Waals surface area contributed by atoms with Gasteiger partial charge in [-0.3, -0.25) is 18.2 Å². The van der Waals surface area contributed by atoms with E-state index in [1.54, 1.807) is 68.0 Å². The van der Waals surface area contributed by atoms with Crippen molar-refractivity contribution in [1.82, 2.24) is 10.3 Å². The lowest BCUT2D eigenvalue weighted by atomic mass is 9.99. The van der Waals surface area contributed by atoms with Gasteiger partial charge in [0.1, 0.15) is 11.5 Å². The number of aliphatic imine (C=N–C) groups is 1. The molecule has 16 heteroatoms. The predicted octanol–water partition coefficient (Wildman–Crippen LogP) is 7.99. The van der Waals surface area contributed by atoms with Crippen LogP contribution in [0.25, 0.3) is 0 Å². The Labute approximate surface area is 312 Å². The Hall–Kier alpha value is -2.69. The average Bonchev–Trinajstić information content (AvgIpc) is 3.00. The summed E-state index contributed by atoms with van der Waals surface area (Å²) in [4.78, 5) is 20.4. The van der Waals surface area contributed by atoms with E-state index in [0.717, 1.165) is 17.4 Å².